The number of β-amino-alcohol motifs (C(OH)–C–C–N with tert-alkyl or cyclic N) is 1. The SMILES string of the molecule is COc1ccc(COCC(O)CN2CCN(Cc3cccc(Cl)c3)CC2)cc1. The highest BCUT2D eigenvalue weighted by Gasteiger charge is 2.19. The van der Waals surface area contributed by atoms with Gasteiger partial charge < -0.3 is 14.6 Å². The molecule has 1 aliphatic heterocycles. The minimum Gasteiger partial charge on any atom is -0.497 e. The summed E-state index contributed by atoms with van der Waals surface area (Å²) in [5.74, 6) is 0.832. The normalized spacial score (nSPS) is 16.8. The third-order valence-electron chi connectivity index (χ3n) is 4.97. The second kappa shape index (κ2) is 10.8. The van der Waals surface area contributed by atoms with Crippen LogP contribution in [0.5, 0.6) is 5.75 Å². The molecule has 28 heavy (non-hydrogen) atoms. The van der Waals surface area contributed by atoms with Gasteiger partial charge in [0.05, 0.1) is 26.4 Å². The first-order valence-electron chi connectivity index (χ1n) is 9.70. The molecular weight excluding hydrogens is 376 g/mol. The molecule has 2 aromatic carbocycles. The summed E-state index contributed by atoms with van der Waals surface area (Å²) in [5.41, 5.74) is 2.32. The van der Waals surface area contributed by atoms with Gasteiger partial charge in [-0.25, -0.2) is 0 Å². The van der Waals surface area contributed by atoms with E-state index in [1.807, 2.05) is 42.5 Å². The van der Waals surface area contributed by atoms with Gasteiger partial charge in [-0.15, -0.1) is 0 Å². The van der Waals surface area contributed by atoms with Crippen LogP contribution in [-0.2, 0) is 17.9 Å². The van der Waals surface area contributed by atoms with Crippen LogP contribution < -0.4 is 4.74 Å². The molecule has 1 aliphatic rings. The van der Waals surface area contributed by atoms with Gasteiger partial charge in [-0.1, -0.05) is 35.9 Å². The Morgan fingerprint density at radius 3 is 2.39 bits per heavy atom. The smallest absolute Gasteiger partial charge is 0.118 e. The first-order valence-corrected chi connectivity index (χ1v) is 10.1. The molecule has 1 unspecified atom stereocenters. The Morgan fingerprint density at radius 2 is 1.71 bits per heavy atom. The quantitative estimate of drug-likeness (QED) is 0.696. The molecule has 1 saturated heterocycles. The number of aliphatic hydroxyl groups excluding tert-OH is 1. The predicted molar refractivity (Wildman–Crippen MR) is 112 cm³/mol. The average Bonchev–Trinajstić information content (AvgIpc) is 2.70. The summed E-state index contributed by atoms with van der Waals surface area (Å²) in [4.78, 5) is 4.73. The molecule has 152 valence electrons. The van der Waals surface area contributed by atoms with Crippen LogP contribution in [0, 0.1) is 0 Å². The molecule has 1 N–H and O–H groups in total. The van der Waals surface area contributed by atoms with Gasteiger partial charge in [0, 0.05) is 44.3 Å². The van der Waals surface area contributed by atoms with Gasteiger partial charge in [-0.2, -0.15) is 0 Å². The van der Waals surface area contributed by atoms with Crippen molar-refractivity contribution in [2.45, 2.75) is 19.3 Å². The molecule has 1 heterocycles. The topological polar surface area (TPSA) is 45.2 Å². The summed E-state index contributed by atoms with van der Waals surface area (Å²) >= 11 is 6.07. The zero-order valence-corrected chi connectivity index (χ0v) is 17.1. The van der Waals surface area contributed by atoms with Gasteiger partial charge in [0.2, 0.25) is 0 Å². The van der Waals surface area contributed by atoms with E-state index in [0.717, 1.165) is 49.1 Å². The molecule has 0 radical (unpaired) electrons. The Bertz CT molecular complexity index is 718. The second-order valence-electron chi connectivity index (χ2n) is 7.22. The first kappa shape index (κ1) is 21.1. The number of halogens is 1. The van der Waals surface area contributed by atoms with Crippen molar-refractivity contribution in [2.24, 2.45) is 0 Å². The summed E-state index contributed by atoms with van der Waals surface area (Å²) in [5, 5.41) is 11.1. The van der Waals surface area contributed by atoms with Crippen LogP contribution in [0.15, 0.2) is 48.5 Å². The van der Waals surface area contributed by atoms with Gasteiger partial charge in [0.25, 0.3) is 0 Å². The van der Waals surface area contributed by atoms with Crippen molar-refractivity contribution < 1.29 is 14.6 Å². The highest BCUT2D eigenvalue weighted by molar-refractivity contribution is 6.30. The van der Waals surface area contributed by atoms with Gasteiger partial charge in [-0.3, -0.25) is 9.80 Å². The molecule has 3 rings (SSSR count). The van der Waals surface area contributed by atoms with Crippen molar-refractivity contribution in [3.63, 3.8) is 0 Å². The fourth-order valence-electron chi connectivity index (χ4n) is 3.41. The number of methoxy groups -OCH3 is 1. The zero-order chi connectivity index (χ0) is 19.8. The molecule has 1 atom stereocenters. The zero-order valence-electron chi connectivity index (χ0n) is 16.4. The van der Waals surface area contributed by atoms with Crippen LogP contribution in [0.1, 0.15) is 11.1 Å². The molecule has 0 aliphatic carbocycles. The Labute approximate surface area is 172 Å². The van der Waals surface area contributed by atoms with Crippen LogP contribution in [0.2, 0.25) is 5.02 Å². The van der Waals surface area contributed by atoms with E-state index in [4.69, 9.17) is 21.1 Å². The maximum atomic E-state index is 10.3. The Hall–Kier alpha value is -1.63. The molecule has 0 bridgehead atoms. The summed E-state index contributed by atoms with van der Waals surface area (Å²) in [7, 11) is 1.65. The van der Waals surface area contributed by atoms with Gasteiger partial charge >= 0.3 is 0 Å². The summed E-state index contributed by atoms with van der Waals surface area (Å²) < 4.78 is 10.8. The van der Waals surface area contributed by atoms with Crippen molar-refractivity contribution in [2.75, 3.05) is 46.4 Å². The summed E-state index contributed by atoms with van der Waals surface area (Å²) in [6, 6.07) is 15.8. The number of benzene rings is 2. The number of piperazine rings is 1. The molecule has 2 aromatic rings. The van der Waals surface area contributed by atoms with Gasteiger partial charge in [-0.05, 0) is 35.4 Å². The molecule has 1 fully saturated rings. The van der Waals surface area contributed by atoms with E-state index in [2.05, 4.69) is 15.9 Å². The number of nitrogens with zero attached hydrogens (tertiary/aromatic N) is 2. The largest absolute Gasteiger partial charge is 0.497 e. The monoisotopic (exact) mass is 404 g/mol. The standard InChI is InChI=1S/C22H29ClN2O3/c1-27-22-7-5-18(6-8-22)16-28-17-21(26)15-25-11-9-24(10-12-25)14-19-3-2-4-20(23)13-19/h2-8,13,21,26H,9-12,14-17H2,1H3. The fourth-order valence-corrected chi connectivity index (χ4v) is 3.62. The lowest BCUT2D eigenvalue weighted by atomic mass is 10.2. The molecule has 0 spiro atoms. The van der Waals surface area contributed by atoms with Crippen LogP contribution >= 0.6 is 11.6 Å². The first-order chi connectivity index (χ1) is 13.6. The van der Waals surface area contributed by atoms with E-state index in [1.165, 1.54) is 5.56 Å². The summed E-state index contributed by atoms with van der Waals surface area (Å²) in [6.45, 7) is 6.29. The average molecular weight is 405 g/mol. The van der Waals surface area contributed by atoms with Gasteiger partial charge in [0.1, 0.15) is 5.75 Å². The predicted octanol–water partition coefficient (Wildman–Crippen LogP) is 3.04. The molecule has 0 saturated carbocycles. The highest BCUT2D eigenvalue weighted by Crippen LogP contribution is 2.14. The number of hydrogen-bond acceptors (Lipinski definition) is 5. The lowest BCUT2D eigenvalue weighted by Crippen LogP contribution is -2.48. The second-order valence-corrected chi connectivity index (χ2v) is 7.66. The number of rotatable bonds is 9. The van der Waals surface area contributed by atoms with Crippen molar-refractivity contribution in [1.82, 2.24) is 9.80 Å². The van der Waals surface area contributed by atoms with E-state index in [1.54, 1.807) is 7.11 Å². The van der Waals surface area contributed by atoms with Crippen LogP contribution in [0.3, 0.4) is 0 Å². The third kappa shape index (κ3) is 6.76. The van der Waals surface area contributed by atoms with E-state index < -0.39 is 6.10 Å². The van der Waals surface area contributed by atoms with E-state index in [-0.39, 0.29) is 0 Å². The lowest BCUT2D eigenvalue weighted by Gasteiger charge is -2.35. The number of aliphatic hydroxyl groups is 1. The van der Waals surface area contributed by atoms with E-state index in [0.29, 0.717) is 19.8 Å². The Kier molecular flexibility index (Phi) is 8.13. The fraction of sp³-hybridized carbons (Fsp3) is 0.455. The van der Waals surface area contributed by atoms with Crippen molar-refractivity contribution in [3.8, 4) is 5.75 Å². The minimum absolute atomic E-state index is 0.342. The molecule has 0 amide bonds. The maximum absolute atomic E-state index is 10.3. The van der Waals surface area contributed by atoms with Gasteiger partial charge in [0.15, 0.2) is 0 Å². The van der Waals surface area contributed by atoms with Crippen molar-refractivity contribution in [1.29, 1.82) is 0 Å². The van der Waals surface area contributed by atoms with Crippen LogP contribution in [-0.4, -0.2) is 67.5 Å². The minimum atomic E-state index is -0.474. The number of ether oxygens (including phenoxy) is 2. The third-order valence-corrected chi connectivity index (χ3v) is 5.20. The van der Waals surface area contributed by atoms with Crippen LogP contribution in [0.4, 0.5) is 0 Å². The van der Waals surface area contributed by atoms with E-state index in [9.17, 15) is 5.11 Å². The molecular formula is C22H29ClN2O3. The Balaban J connectivity index is 1.32. The highest BCUT2D eigenvalue weighted by atomic mass is 35.5. The molecule has 0 aromatic heterocycles. The van der Waals surface area contributed by atoms with E-state index >= 15 is 0 Å². The number of hydrogen-bond donors (Lipinski definition) is 1. The maximum Gasteiger partial charge on any atom is 0.118 e. The Morgan fingerprint density at radius 1 is 1.00 bits per heavy atom. The van der Waals surface area contributed by atoms with Crippen molar-refractivity contribution >= 4 is 11.6 Å². The molecule has 6 heteroatoms. The summed E-state index contributed by atoms with van der Waals surface area (Å²) in [6.07, 6.45) is -0.474. The van der Waals surface area contributed by atoms with Crippen LogP contribution in [0.25, 0.3) is 0 Å². The lowest BCUT2D eigenvalue weighted by molar-refractivity contribution is 0.000870. The van der Waals surface area contributed by atoms with Crippen molar-refractivity contribution in [3.05, 3.63) is 64.7 Å². The molecule has 5 nitrogen and oxygen atoms in total.